The van der Waals surface area contributed by atoms with Crippen LogP contribution < -0.4 is 14.8 Å². The summed E-state index contributed by atoms with van der Waals surface area (Å²) in [4.78, 5) is 12.5. The van der Waals surface area contributed by atoms with E-state index in [0.717, 1.165) is 18.4 Å². The highest BCUT2D eigenvalue weighted by molar-refractivity contribution is 6.04. The van der Waals surface area contributed by atoms with Crippen molar-refractivity contribution in [1.29, 1.82) is 0 Å². The van der Waals surface area contributed by atoms with E-state index in [1.165, 1.54) is 0 Å². The number of ether oxygens (including phenoxy) is 2. The Balaban J connectivity index is 2.14. The van der Waals surface area contributed by atoms with Gasteiger partial charge in [-0.25, -0.2) is 0 Å². The zero-order valence-electron chi connectivity index (χ0n) is 14.7. The fraction of sp³-hybridized carbons (Fsp3) is 0.350. The molecule has 0 saturated heterocycles. The first-order valence-corrected chi connectivity index (χ1v) is 8.58. The van der Waals surface area contributed by atoms with Crippen LogP contribution in [0.3, 0.4) is 0 Å². The van der Waals surface area contributed by atoms with E-state index in [0.29, 0.717) is 36.0 Å². The Labute approximate surface area is 148 Å². The summed E-state index contributed by atoms with van der Waals surface area (Å²) in [5.74, 6) is 0.973. The van der Waals surface area contributed by atoms with Gasteiger partial charge in [-0.2, -0.15) is 0 Å². The number of aliphatic hydroxyl groups excluding tert-OH is 1. The van der Waals surface area contributed by atoms with Gasteiger partial charge in [-0.1, -0.05) is 25.5 Å². The van der Waals surface area contributed by atoms with Crippen LogP contribution in [0, 0.1) is 0 Å². The number of anilines is 1. The summed E-state index contributed by atoms with van der Waals surface area (Å²) in [7, 11) is 0. The van der Waals surface area contributed by atoms with Crippen LogP contribution >= 0.6 is 0 Å². The Bertz CT molecular complexity index is 700. The molecule has 0 atom stereocenters. The first-order valence-electron chi connectivity index (χ1n) is 8.58. The number of amides is 1. The van der Waals surface area contributed by atoms with Gasteiger partial charge < -0.3 is 19.9 Å². The smallest absolute Gasteiger partial charge is 0.255 e. The molecular formula is C20H25NO4. The number of carbonyl (C=O) groups is 1. The summed E-state index contributed by atoms with van der Waals surface area (Å²) in [6, 6.07) is 12.3. The van der Waals surface area contributed by atoms with Crippen molar-refractivity contribution < 1.29 is 19.4 Å². The number of benzene rings is 2. The first-order chi connectivity index (χ1) is 12.2. The molecule has 0 bridgehead atoms. The zero-order valence-corrected chi connectivity index (χ0v) is 14.7. The van der Waals surface area contributed by atoms with Crippen molar-refractivity contribution in [2.75, 3.05) is 18.5 Å². The van der Waals surface area contributed by atoms with Crippen molar-refractivity contribution >= 4 is 11.6 Å². The van der Waals surface area contributed by atoms with Gasteiger partial charge in [0.2, 0.25) is 0 Å². The van der Waals surface area contributed by atoms with Crippen LogP contribution in [0.4, 0.5) is 5.69 Å². The summed E-state index contributed by atoms with van der Waals surface area (Å²) >= 11 is 0. The van der Waals surface area contributed by atoms with Gasteiger partial charge in [-0.3, -0.25) is 4.79 Å². The monoisotopic (exact) mass is 343 g/mol. The molecule has 2 rings (SSSR count). The molecule has 134 valence electrons. The first kappa shape index (κ1) is 18.8. The number of aliphatic hydroxyl groups is 1. The lowest BCUT2D eigenvalue weighted by molar-refractivity contribution is 0.102. The molecular weight excluding hydrogens is 318 g/mol. The summed E-state index contributed by atoms with van der Waals surface area (Å²) < 4.78 is 11.3. The molecule has 5 nitrogen and oxygen atoms in total. The van der Waals surface area contributed by atoms with E-state index in [-0.39, 0.29) is 12.5 Å². The highest BCUT2D eigenvalue weighted by Gasteiger charge is 2.12. The topological polar surface area (TPSA) is 67.8 Å². The SMILES string of the molecule is CCCCOc1ccc(C(=O)Nc2cccc(CO)c2)cc1OCC. The fourth-order valence-electron chi connectivity index (χ4n) is 2.31. The lowest BCUT2D eigenvalue weighted by atomic mass is 10.1. The van der Waals surface area contributed by atoms with Gasteiger partial charge >= 0.3 is 0 Å². The third-order valence-corrected chi connectivity index (χ3v) is 3.63. The zero-order chi connectivity index (χ0) is 18.1. The van der Waals surface area contributed by atoms with Crippen molar-refractivity contribution in [2.24, 2.45) is 0 Å². The molecule has 0 radical (unpaired) electrons. The van der Waals surface area contributed by atoms with Crippen molar-refractivity contribution in [1.82, 2.24) is 0 Å². The molecule has 0 saturated carbocycles. The second-order valence-electron chi connectivity index (χ2n) is 5.61. The number of hydrogen-bond acceptors (Lipinski definition) is 4. The predicted molar refractivity (Wildman–Crippen MR) is 98.3 cm³/mol. The number of rotatable bonds is 9. The molecule has 0 aliphatic rings. The quantitative estimate of drug-likeness (QED) is 0.675. The van der Waals surface area contributed by atoms with Crippen molar-refractivity contribution in [2.45, 2.75) is 33.3 Å². The van der Waals surface area contributed by atoms with Crippen LogP contribution in [0.2, 0.25) is 0 Å². The average Bonchev–Trinajstić information content (AvgIpc) is 2.63. The minimum atomic E-state index is -0.240. The summed E-state index contributed by atoms with van der Waals surface area (Å²) in [6.45, 7) is 5.04. The van der Waals surface area contributed by atoms with Gasteiger partial charge in [0.25, 0.3) is 5.91 Å². The Morgan fingerprint density at radius 2 is 1.92 bits per heavy atom. The van der Waals surface area contributed by atoms with E-state index in [9.17, 15) is 9.90 Å². The average molecular weight is 343 g/mol. The lowest BCUT2D eigenvalue weighted by Crippen LogP contribution is -2.12. The summed E-state index contributed by atoms with van der Waals surface area (Å²) in [6.07, 6.45) is 2.02. The second kappa shape index (κ2) is 9.69. The van der Waals surface area contributed by atoms with E-state index in [4.69, 9.17) is 9.47 Å². The third-order valence-electron chi connectivity index (χ3n) is 3.63. The van der Waals surface area contributed by atoms with Crippen LogP contribution in [0.5, 0.6) is 11.5 Å². The van der Waals surface area contributed by atoms with E-state index < -0.39 is 0 Å². The third kappa shape index (κ3) is 5.50. The maximum absolute atomic E-state index is 12.5. The van der Waals surface area contributed by atoms with Gasteiger partial charge in [0.15, 0.2) is 11.5 Å². The maximum Gasteiger partial charge on any atom is 0.255 e. The summed E-state index contributed by atoms with van der Waals surface area (Å²) in [5, 5.41) is 12.0. The molecule has 2 N–H and O–H groups in total. The molecule has 0 aromatic heterocycles. The van der Waals surface area contributed by atoms with E-state index in [1.54, 1.807) is 42.5 Å². The van der Waals surface area contributed by atoms with Gasteiger partial charge in [-0.15, -0.1) is 0 Å². The van der Waals surface area contributed by atoms with Gasteiger partial charge in [0, 0.05) is 11.3 Å². The molecule has 1 amide bonds. The van der Waals surface area contributed by atoms with Crippen LogP contribution in [0.25, 0.3) is 0 Å². The normalized spacial score (nSPS) is 10.4. The number of unbranched alkanes of at least 4 members (excludes halogenated alkanes) is 1. The molecule has 2 aromatic carbocycles. The minimum absolute atomic E-state index is 0.0675. The molecule has 0 spiro atoms. The molecule has 2 aromatic rings. The van der Waals surface area contributed by atoms with E-state index in [1.807, 2.05) is 6.92 Å². The lowest BCUT2D eigenvalue weighted by Gasteiger charge is -2.13. The molecule has 0 unspecified atom stereocenters. The Morgan fingerprint density at radius 3 is 2.64 bits per heavy atom. The largest absolute Gasteiger partial charge is 0.490 e. The van der Waals surface area contributed by atoms with Gasteiger partial charge in [0.1, 0.15) is 0 Å². The van der Waals surface area contributed by atoms with Crippen LogP contribution in [0.1, 0.15) is 42.6 Å². The molecule has 0 fully saturated rings. The molecule has 25 heavy (non-hydrogen) atoms. The Kier molecular flexibility index (Phi) is 7.29. The highest BCUT2D eigenvalue weighted by atomic mass is 16.5. The van der Waals surface area contributed by atoms with E-state index >= 15 is 0 Å². The predicted octanol–water partition coefficient (Wildman–Crippen LogP) is 4.01. The van der Waals surface area contributed by atoms with Crippen molar-refractivity contribution in [3.8, 4) is 11.5 Å². The van der Waals surface area contributed by atoms with Gasteiger partial charge in [-0.05, 0) is 49.2 Å². The van der Waals surface area contributed by atoms with Crippen LogP contribution in [-0.2, 0) is 6.61 Å². The molecule has 0 aliphatic carbocycles. The minimum Gasteiger partial charge on any atom is -0.490 e. The summed E-state index contributed by atoms with van der Waals surface area (Å²) in [5.41, 5.74) is 1.87. The van der Waals surface area contributed by atoms with E-state index in [2.05, 4.69) is 12.2 Å². The van der Waals surface area contributed by atoms with Crippen LogP contribution in [0.15, 0.2) is 42.5 Å². The standard InChI is InChI=1S/C20H25NO4/c1-3-5-11-25-18-10-9-16(13-19(18)24-4-2)20(23)21-17-8-6-7-15(12-17)14-22/h6-10,12-13,22H,3-5,11,14H2,1-2H3,(H,21,23). The fourth-order valence-corrected chi connectivity index (χ4v) is 2.31. The van der Waals surface area contributed by atoms with Gasteiger partial charge in [0.05, 0.1) is 19.8 Å². The molecule has 0 heterocycles. The molecule has 0 aliphatic heterocycles. The Hall–Kier alpha value is -2.53. The molecule has 5 heteroatoms. The van der Waals surface area contributed by atoms with Crippen LogP contribution in [-0.4, -0.2) is 24.2 Å². The maximum atomic E-state index is 12.5. The van der Waals surface area contributed by atoms with Crippen molar-refractivity contribution in [3.05, 3.63) is 53.6 Å². The number of hydrogen-bond donors (Lipinski definition) is 2. The second-order valence-corrected chi connectivity index (χ2v) is 5.61. The van der Waals surface area contributed by atoms with Crippen molar-refractivity contribution in [3.63, 3.8) is 0 Å². The number of nitrogens with one attached hydrogen (secondary N) is 1. The Morgan fingerprint density at radius 1 is 1.08 bits per heavy atom. The number of carbonyl (C=O) groups excluding carboxylic acids is 1. The highest BCUT2D eigenvalue weighted by Crippen LogP contribution is 2.29.